The minimum Gasteiger partial charge on any atom is -0.468 e. The number of ether oxygens (including phenoxy) is 2. The van der Waals surface area contributed by atoms with E-state index in [0.717, 1.165) is 18.4 Å². The predicted octanol–water partition coefficient (Wildman–Crippen LogP) is 4.80. The molecule has 2 rings (SSSR count). The molecule has 0 aliphatic carbocycles. The molecule has 1 aromatic carbocycles. The number of benzene rings is 1. The highest BCUT2D eigenvalue weighted by atomic mass is 16.7. The summed E-state index contributed by atoms with van der Waals surface area (Å²) < 4.78 is 9.81. The van der Waals surface area contributed by atoms with Gasteiger partial charge in [-0.3, -0.25) is 19.2 Å². The summed E-state index contributed by atoms with van der Waals surface area (Å²) in [5.41, 5.74) is 0.679. The van der Waals surface area contributed by atoms with Crippen LogP contribution in [0.3, 0.4) is 0 Å². The summed E-state index contributed by atoms with van der Waals surface area (Å²) in [4.78, 5) is 55.5. The zero-order valence-corrected chi connectivity index (χ0v) is 27.4. The normalized spacial score (nSPS) is 17.7. The molecule has 1 aliphatic heterocycles. The number of rotatable bonds is 13. The number of carbonyl (C=O) groups is 4. The maximum absolute atomic E-state index is 12.7. The Morgan fingerprint density at radius 3 is 2.12 bits per heavy atom. The van der Waals surface area contributed by atoms with Crippen molar-refractivity contribution in [1.29, 1.82) is 0 Å². The number of unbranched alkanes of at least 4 members (excludes halogenated alkanes) is 1. The van der Waals surface area contributed by atoms with Crippen molar-refractivity contribution in [3.63, 3.8) is 0 Å². The van der Waals surface area contributed by atoms with E-state index >= 15 is 0 Å². The molecule has 11 heteroatoms. The van der Waals surface area contributed by atoms with Crippen molar-refractivity contribution in [2.24, 2.45) is 0 Å². The van der Waals surface area contributed by atoms with Gasteiger partial charge >= 0.3 is 12.1 Å². The summed E-state index contributed by atoms with van der Waals surface area (Å²) in [6.07, 6.45) is 3.83. The number of hydrogen-bond donors (Lipinski definition) is 3. The molecule has 0 saturated carbocycles. The van der Waals surface area contributed by atoms with Crippen molar-refractivity contribution < 1.29 is 33.5 Å². The highest BCUT2D eigenvalue weighted by molar-refractivity contribution is 5.94. The molecule has 1 aliphatic rings. The van der Waals surface area contributed by atoms with Crippen LogP contribution in [-0.4, -0.2) is 71.9 Å². The van der Waals surface area contributed by atoms with Gasteiger partial charge in [-0.05, 0) is 112 Å². The predicted molar refractivity (Wildman–Crippen MR) is 164 cm³/mol. The molecule has 1 saturated heterocycles. The molecular formula is C32H52N4O7. The van der Waals surface area contributed by atoms with Crippen molar-refractivity contribution in [3.8, 4) is 0 Å². The van der Waals surface area contributed by atoms with Crippen molar-refractivity contribution in [2.75, 3.05) is 20.2 Å². The fourth-order valence-electron chi connectivity index (χ4n) is 5.24. The smallest absolute Gasteiger partial charge is 0.408 e. The Morgan fingerprint density at radius 1 is 0.953 bits per heavy atom. The second-order valence-electron chi connectivity index (χ2n) is 13.4. The van der Waals surface area contributed by atoms with Crippen molar-refractivity contribution in [2.45, 2.75) is 123 Å². The van der Waals surface area contributed by atoms with Crippen molar-refractivity contribution in [1.82, 2.24) is 21.0 Å². The largest absolute Gasteiger partial charge is 0.468 e. The Morgan fingerprint density at radius 2 is 1.56 bits per heavy atom. The first-order chi connectivity index (χ1) is 19.9. The molecule has 1 heterocycles. The second kappa shape index (κ2) is 15.5. The van der Waals surface area contributed by atoms with E-state index in [1.165, 1.54) is 13.5 Å². The number of carbonyl (C=O) groups excluding carboxylic acids is 4. The molecule has 0 bridgehead atoms. The van der Waals surface area contributed by atoms with Crippen LogP contribution < -0.4 is 16.0 Å². The minimum atomic E-state index is -0.909. The van der Waals surface area contributed by atoms with Gasteiger partial charge in [0.2, 0.25) is 5.91 Å². The van der Waals surface area contributed by atoms with E-state index in [4.69, 9.17) is 9.57 Å². The molecule has 43 heavy (non-hydrogen) atoms. The SMILES string of the molecule is COC(=O)CNC(=O)[C@H](CCCCNC(=O)c1ccc(C(C)ON2C(C)(C)CCCC2(C)C)cc1)NC(=O)OC(C)(C)C. The lowest BCUT2D eigenvalue weighted by atomic mass is 9.82. The summed E-state index contributed by atoms with van der Waals surface area (Å²) in [7, 11) is 1.22. The molecular weight excluding hydrogens is 552 g/mol. The van der Waals surface area contributed by atoms with Crippen LogP contribution >= 0.6 is 0 Å². The van der Waals surface area contributed by atoms with Crippen LogP contribution in [-0.2, 0) is 23.9 Å². The Labute approximate surface area is 256 Å². The number of methoxy groups -OCH3 is 1. The molecule has 3 N–H and O–H groups in total. The zero-order valence-electron chi connectivity index (χ0n) is 27.4. The number of nitrogens with one attached hydrogen (secondary N) is 3. The molecule has 3 amide bonds. The molecule has 0 spiro atoms. The lowest BCUT2D eigenvalue weighted by Crippen LogP contribution is -2.58. The van der Waals surface area contributed by atoms with E-state index in [0.29, 0.717) is 31.4 Å². The van der Waals surface area contributed by atoms with Crippen LogP contribution in [0, 0.1) is 0 Å². The monoisotopic (exact) mass is 604 g/mol. The maximum Gasteiger partial charge on any atom is 0.408 e. The van der Waals surface area contributed by atoms with Gasteiger partial charge in [-0.15, -0.1) is 0 Å². The first-order valence-electron chi connectivity index (χ1n) is 15.1. The van der Waals surface area contributed by atoms with E-state index in [9.17, 15) is 19.2 Å². The third-order valence-electron chi connectivity index (χ3n) is 7.43. The molecule has 0 aromatic heterocycles. The lowest BCUT2D eigenvalue weighted by molar-refractivity contribution is -0.304. The Hall–Kier alpha value is -3.18. The maximum atomic E-state index is 12.7. The average molecular weight is 605 g/mol. The third-order valence-corrected chi connectivity index (χ3v) is 7.43. The fraction of sp³-hybridized carbons (Fsp3) is 0.688. The number of nitrogens with zero attached hydrogens (tertiary/aromatic N) is 1. The Balaban J connectivity index is 1.86. The van der Waals surface area contributed by atoms with Crippen LogP contribution in [0.2, 0.25) is 0 Å². The molecule has 1 aromatic rings. The number of amides is 3. The van der Waals surface area contributed by atoms with Crippen LogP contribution in [0.25, 0.3) is 0 Å². The van der Waals surface area contributed by atoms with Gasteiger partial charge in [-0.25, -0.2) is 4.79 Å². The molecule has 1 fully saturated rings. The first kappa shape index (κ1) is 36.0. The van der Waals surface area contributed by atoms with Gasteiger partial charge < -0.3 is 25.4 Å². The first-order valence-corrected chi connectivity index (χ1v) is 15.1. The summed E-state index contributed by atoms with van der Waals surface area (Å²) >= 11 is 0. The van der Waals surface area contributed by atoms with Gasteiger partial charge in [0.05, 0.1) is 7.11 Å². The van der Waals surface area contributed by atoms with E-state index < -0.39 is 29.6 Å². The summed E-state index contributed by atoms with van der Waals surface area (Å²) in [5, 5.41) is 10.1. The Kier molecular flexibility index (Phi) is 13.0. The van der Waals surface area contributed by atoms with Gasteiger partial charge in [-0.1, -0.05) is 12.1 Å². The van der Waals surface area contributed by atoms with E-state index in [1.54, 1.807) is 32.9 Å². The topological polar surface area (TPSA) is 135 Å². The van der Waals surface area contributed by atoms with Crippen LogP contribution in [0.4, 0.5) is 4.79 Å². The zero-order chi connectivity index (χ0) is 32.4. The summed E-state index contributed by atoms with van der Waals surface area (Å²) in [6, 6.07) is 6.52. The molecule has 1 unspecified atom stereocenters. The Bertz CT molecular complexity index is 1080. The van der Waals surface area contributed by atoms with Gasteiger partial charge in [0.1, 0.15) is 24.3 Å². The molecule has 2 atom stereocenters. The molecule has 0 radical (unpaired) electrons. The number of piperidine rings is 1. The number of esters is 1. The summed E-state index contributed by atoms with van der Waals surface area (Å²) in [5.74, 6) is -1.32. The van der Waals surface area contributed by atoms with E-state index in [-0.39, 0.29) is 29.6 Å². The summed E-state index contributed by atoms with van der Waals surface area (Å²) in [6.45, 7) is 16.1. The minimum absolute atomic E-state index is 0.0610. The van der Waals surface area contributed by atoms with Crippen LogP contribution in [0.5, 0.6) is 0 Å². The van der Waals surface area contributed by atoms with Gasteiger partial charge in [0.25, 0.3) is 5.91 Å². The number of hydrogen-bond acceptors (Lipinski definition) is 8. The fourth-order valence-corrected chi connectivity index (χ4v) is 5.24. The lowest BCUT2D eigenvalue weighted by Gasteiger charge is -2.52. The highest BCUT2D eigenvalue weighted by Gasteiger charge is 2.43. The van der Waals surface area contributed by atoms with Gasteiger partial charge in [0, 0.05) is 23.2 Å². The quantitative estimate of drug-likeness (QED) is 0.216. The number of hydroxylamine groups is 2. The molecule has 242 valence electrons. The average Bonchev–Trinajstić information content (AvgIpc) is 2.91. The standard InChI is InChI=1S/C32H52N4O7/c1-22(43-36-31(5,6)18-12-19-32(36,7)8)23-14-16-24(17-15-23)27(38)33-20-11-10-13-25(28(39)34-21-26(37)41-9)35-29(40)42-30(2,3)4/h14-17,22,25H,10-13,18-21H2,1-9H3,(H,33,38)(H,34,39)(H,35,40)/t22?,25-/m0/s1. The third kappa shape index (κ3) is 11.8. The van der Waals surface area contributed by atoms with Gasteiger partial charge in [-0.2, -0.15) is 5.06 Å². The number of alkyl carbamates (subject to hydrolysis) is 1. The molecule has 11 nitrogen and oxygen atoms in total. The highest BCUT2D eigenvalue weighted by Crippen LogP contribution is 2.40. The van der Waals surface area contributed by atoms with Crippen molar-refractivity contribution >= 4 is 23.9 Å². The second-order valence-corrected chi connectivity index (χ2v) is 13.4. The van der Waals surface area contributed by atoms with Crippen LogP contribution in [0.1, 0.15) is 116 Å². The van der Waals surface area contributed by atoms with Crippen LogP contribution in [0.15, 0.2) is 24.3 Å². The van der Waals surface area contributed by atoms with Gasteiger partial charge in [0.15, 0.2) is 0 Å². The van der Waals surface area contributed by atoms with E-state index in [2.05, 4.69) is 53.4 Å². The van der Waals surface area contributed by atoms with E-state index in [1.807, 2.05) is 19.1 Å². The van der Waals surface area contributed by atoms with Crippen molar-refractivity contribution in [3.05, 3.63) is 35.4 Å².